The fourth-order valence-electron chi connectivity index (χ4n) is 14.2. The lowest BCUT2D eigenvalue weighted by atomic mass is 9.33. The topological polar surface area (TPSA) is 40.9 Å². The predicted molar refractivity (Wildman–Crippen MR) is 380 cm³/mol. The molecule has 442 valence electrons. The highest BCUT2D eigenvalue weighted by atomic mass is 16.3. The van der Waals surface area contributed by atoms with E-state index in [1.165, 1.54) is 49.7 Å². The lowest BCUT2D eigenvalue weighted by Gasteiger charge is -2.42. The molecule has 0 spiro atoms. The number of benzene rings is 10. The van der Waals surface area contributed by atoms with E-state index >= 15 is 0 Å². The van der Waals surface area contributed by atoms with Crippen LogP contribution in [0.25, 0.3) is 60.6 Å². The fourth-order valence-corrected chi connectivity index (χ4v) is 14.2. The van der Waals surface area contributed by atoms with E-state index in [1.807, 2.05) is 0 Å². The Hall–Kier alpha value is -9.20. The van der Waals surface area contributed by atoms with Crippen LogP contribution in [0.3, 0.4) is 0 Å². The average Bonchev–Trinajstić information content (AvgIpc) is 1.62. The van der Waals surface area contributed by atoms with Gasteiger partial charge in [0, 0.05) is 61.7 Å². The SMILES string of the molecule is CC(C)(C)c1ccc(N(c2ccc(C(C)(C)C)cc2)c2ccc3c(c2)N(c2cccc4oc5ccccc5c24)c2cc(N(c4ccc(C(C)(C)C)cc4)c4ccc(C(C)(C)C)cc4)cc4c2B3c2cc(C(C)(C)C)cc3c5oc6ccccc6c5n-4c23)cc1. The quantitative estimate of drug-likeness (QED) is 0.149. The zero-order valence-electron chi connectivity index (χ0n) is 54.3. The Morgan fingerprint density at radius 2 is 0.753 bits per heavy atom. The Labute approximate surface area is 525 Å². The summed E-state index contributed by atoms with van der Waals surface area (Å²) in [5, 5.41) is 4.35. The first-order valence-electron chi connectivity index (χ1n) is 31.8. The molecule has 0 unspecified atom stereocenters. The van der Waals surface area contributed by atoms with E-state index in [2.05, 4.69) is 329 Å². The van der Waals surface area contributed by atoms with Crippen LogP contribution in [0, 0.1) is 0 Å². The number of hydrogen-bond donors (Lipinski definition) is 0. The van der Waals surface area contributed by atoms with E-state index in [1.54, 1.807) is 0 Å². The lowest BCUT2D eigenvalue weighted by molar-refractivity contribution is 0.590. The third-order valence-electron chi connectivity index (χ3n) is 19.1. The van der Waals surface area contributed by atoms with Crippen molar-refractivity contribution in [3.05, 3.63) is 234 Å². The average molecular weight is 1160 g/mol. The summed E-state index contributed by atoms with van der Waals surface area (Å²) in [7, 11) is 0. The molecule has 0 saturated carbocycles. The number of nitrogens with zero attached hydrogens (tertiary/aromatic N) is 4. The summed E-state index contributed by atoms with van der Waals surface area (Å²) in [5.74, 6) is 0. The molecule has 0 aliphatic carbocycles. The molecule has 89 heavy (non-hydrogen) atoms. The van der Waals surface area contributed by atoms with Crippen molar-refractivity contribution in [1.82, 2.24) is 4.57 Å². The lowest BCUT2D eigenvalue weighted by Crippen LogP contribution is -2.60. The third-order valence-corrected chi connectivity index (χ3v) is 19.1. The van der Waals surface area contributed by atoms with Gasteiger partial charge in [-0.15, -0.1) is 0 Å². The molecule has 2 aliphatic rings. The Kier molecular flexibility index (Phi) is 12.4. The van der Waals surface area contributed by atoms with Crippen LogP contribution in [0.5, 0.6) is 0 Å². The standard InChI is InChI=1S/C82H79BN4O2/c1-78(2,3)50-27-35-55(36-28-50)84(56-37-29-51(30-38-56)79(4,5)6)59-43-44-64-67(47-59)86(66-23-20-26-72-73(66)61-21-16-18-24-70(61)88-72)68-48-60(85(57-39-31-52(32-40-57)80(7,8)9)58-41-33-53(34-42-58)81(10,11)12)49-69-74(68)83(64)65-46-54(82(13,14)15)45-63-75(65)87(69)76-62-22-17-19-25-71(62)89-77(63)76/h16-49H,1-15H3. The maximum Gasteiger partial charge on any atom is 0.252 e. The van der Waals surface area contributed by atoms with Gasteiger partial charge in [0.2, 0.25) is 0 Å². The van der Waals surface area contributed by atoms with Gasteiger partial charge in [0.1, 0.15) is 22.3 Å². The van der Waals surface area contributed by atoms with Crippen molar-refractivity contribution in [3.63, 3.8) is 0 Å². The van der Waals surface area contributed by atoms with Gasteiger partial charge in [-0.2, -0.15) is 0 Å². The second-order valence-electron chi connectivity index (χ2n) is 30.3. The molecule has 5 heterocycles. The second-order valence-corrected chi connectivity index (χ2v) is 30.3. The van der Waals surface area contributed by atoms with Gasteiger partial charge >= 0.3 is 0 Å². The van der Waals surface area contributed by atoms with E-state index in [0.717, 1.165) is 106 Å². The molecule has 0 bridgehead atoms. The molecule has 0 atom stereocenters. The van der Waals surface area contributed by atoms with Gasteiger partial charge in [-0.3, -0.25) is 0 Å². The maximum absolute atomic E-state index is 7.18. The van der Waals surface area contributed by atoms with E-state index in [0.29, 0.717) is 0 Å². The van der Waals surface area contributed by atoms with Gasteiger partial charge in [-0.25, -0.2) is 0 Å². The molecule has 0 saturated heterocycles. The van der Waals surface area contributed by atoms with Crippen molar-refractivity contribution in [2.75, 3.05) is 14.7 Å². The molecule has 0 radical (unpaired) electrons. The summed E-state index contributed by atoms with van der Waals surface area (Å²) >= 11 is 0. The predicted octanol–water partition coefficient (Wildman–Crippen LogP) is 21.5. The van der Waals surface area contributed by atoms with Crippen LogP contribution in [-0.2, 0) is 27.1 Å². The van der Waals surface area contributed by atoms with Gasteiger partial charge in [-0.05, 0) is 180 Å². The molecule has 13 aromatic rings. The molecule has 0 N–H and O–H groups in total. The number of hydrogen-bond acceptors (Lipinski definition) is 5. The van der Waals surface area contributed by atoms with E-state index in [4.69, 9.17) is 8.83 Å². The summed E-state index contributed by atoms with van der Waals surface area (Å²) in [6, 6.07) is 78.0. The highest BCUT2D eigenvalue weighted by Crippen LogP contribution is 2.51. The number of para-hydroxylation sites is 2. The van der Waals surface area contributed by atoms with Crippen molar-refractivity contribution in [2.45, 2.75) is 131 Å². The van der Waals surface area contributed by atoms with Gasteiger partial charge < -0.3 is 28.1 Å². The largest absolute Gasteiger partial charge is 0.456 e. The van der Waals surface area contributed by atoms with E-state index in [-0.39, 0.29) is 33.8 Å². The molecule has 2 aliphatic heterocycles. The number of fused-ring (bicyclic) bond motifs is 12. The first-order chi connectivity index (χ1) is 42.3. The Bertz CT molecular complexity index is 4850. The summed E-state index contributed by atoms with van der Waals surface area (Å²) in [5.41, 5.74) is 26.4. The smallest absolute Gasteiger partial charge is 0.252 e. The molecule has 10 aromatic carbocycles. The van der Waals surface area contributed by atoms with Crippen LogP contribution in [0.15, 0.2) is 215 Å². The van der Waals surface area contributed by atoms with Gasteiger partial charge in [0.15, 0.2) is 5.58 Å². The highest BCUT2D eigenvalue weighted by Gasteiger charge is 2.45. The van der Waals surface area contributed by atoms with Crippen LogP contribution in [0.2, 0.25) is 0 Å². The van der Waals surface area contributed by atoms with Gasteiger partial charge in [0.25, 0.3) is 6.71 Å². The Morgan fingerprint density at radius 1 is 0.315 bits per heavy atom. The molecule has 0 amide bonds. The van der Waals surface area contributed by atoms with Crippen molar-refractivity contribution in [3.8, 4) is 5.69 Å². The summed E-state index contributed by atoms with van der Waals surface area (Å²) in [6.07, 6.45) is 0. The van der Waals surface area contributed by atoms with Crippen LogP contribution < -0.4 is 31.1 Å². The molecular weight excluding hydrogens is 1080 g/mol. The minimum Gasteiger partial charge on any atom is -0.456 e. The van der Waals surface area contributed by atoms with Crippen molar-refractivity contribution in [1.29, 1.82) is 0 Å². The van der Waals surface area contributed by atoms with Crippen molar-refractivity contribution in [2.24, 2.45) is 0 Å². The Balaban J connectivity index is 1.10. The zero-order valence-corrected chi connectivity index (χ0v) is 54.3. The number of aromatic nitrogens is 1. The Morgan fingerprint density at radius 3 is 1.27 bits per heavy atom. The van der Waals surface area contributed by atoms with E-state index in [9.17, 15) is 0 Å². The first kappa shape index (κ1) is 56.3. The summed E-state index contributed by atoms with van der Waals surface area (Å²) in [6.45, 7) is 34.3. The molecule has 7 heteroatoms. The number of anilines is 9. The van der Waals surface area contributed by atoms with Crippen LogP contribution in [0.4, 0.5) is 51.2 Å². The number of furan rings is 2. The van der Waals surface area contributed by atoms with Crippen molar-refractivity contribution >= 4 is 129 Å². The van der Waals surface area contributed by atoms with Crippen LogP contribution in [-0.4, -0.2) is 11.3 Å². The molecular formula is C82H79BN4O2. The summed E-state index contributed by atoms with van der Waals surface area (Å²) in [4.78, 5) is 7.53. The molecule has 3 aromatic heterocycles. The highest BCUT2D eigenvalue weighted by molar-refractivity contribution is 7.00. The summed E-state index contributed by atoms with van der Waals surface area (Å²) < 4.78 is 16.6. The van der Waals surface area contributed by atoms with Gasteiger partial charge in [0.05, 0.1) is 22.3 Å². The normalized spacial score (nSPS) is 13.5. The zero-order chi connectivity index (χ0) is 62.0. The van der Waals surface area contributed by atoms with Crippen LogP contribution in [0.1, 0.15) is 132 Å². The molecule has 0 fully saturated rings. The van der Waals surface area contributed by atoms with Gasteiger partial charge in [-0.1, -0.05) is 201 Å². The number of rotatable bonds is 7. The van der Waals surface area contributed by atoms with Crippen molar-refractivity contribution < 1.29 is 8.83 Å². The van der Waals surface area contributed by atoms with Crippen LogP contribution >= 0.6 is 0 Å². The minimum absolute atomic E-state index is 0.0139. The first-order valence-corrected chi connectivity index (χ1v) is 31.8. The second kappa shape index (κ2) is 19.7. The molecule has 15 rings (SSSR count). The molecule has 6 nitrogen and oxygen atoms in total. The maximum atomic E-state index is 7.18. The van der Waals surface area contributed by atoms with E-state index < -0.39 is 0 Å². The fraction of sp³-hybridized carbons (Fsp3) is 0.244. The third kappa shape index (κ3) is 9.12. The monoisotopic (exact) mass is 1160 g/mol. The minimum atomic E-state index is -0.187.